The molecule has 2 aromatic carbocycles. The molecule has 0 unspecified atom stereocenters. The highest BCUT2D eigenvalue weighted by molar-refractivity contribution is 7.89. The number of fused-ring (bicyclic) bond motifs is 1. The zero-order valence-electron chi connectivity index (χ0n) is 18.5. The summed E-state index contributed by atoms with van der Waals surface area (Å²) < 4.78 is 33.0. The Kier molecular flexibility index (Phi) is 11.8. The van der Waals surface area contributed by atoms with E-state index in [1.54, 1.807) is 12.1 Å². The van der Waals surface area contributed by atoms with E-state index in [4.69, 9.17) is 16.3 Å². The number of sulfonamides is 1. The van der Waals surface area contributed by atoms with E-state index < -0.39 is 10.0 Å². The number of ether oxygens (including phenoxy) is 1. The monoisotopic (exact) mass is 549 g/mol. The number of halogens is 2. The summed E-state index contributed by atoms with van der Waals surface area (Å²) in [6.07, 6.45) is 1.90. The van der Waals surface area contributed by atoms with Crippen molar-refractivity contribution in [2.24, 2.45) is 0 Å². The molecule has 3 rings (SSSR count). The molecule has 0 spiro atoms. The molecule has 0 aliphatic rings. The van der Waals surface area contributed by atoms with Crippen LogP contribution in [0.1, 0.15) is 17.5 Å². The van der Waals surface area contributed by atoms with Gasteiger partial charge in [0.1, 0.15) is 11.3 Å². The highest BCUT2D eigenvalue weighted by atomic mass is 35.5. The van der Waals surface area contributed by atoms with Crippen LogP contribution in [0, 0.1) is 0 Å². The van der Waals surface area contributed by atoms with Gasteiger partial charge in [0.05, 0.1) is 23.7 Å². The number of H-pyrrole nitrogens is 1. The van der Waals surface area contributed by atoms with Crippen LogP contribution in [0.5, 0.6) is 5.75 Å². The molecule has 188 valence electrons. The number of nitrogens with one attached hydrogen (secondary N) is 3. The van der Waals surface area contributed by atoms with Crippen molar-refractivity contribution < 1.29 is 18.3 Å². The molecule has 0 atom stereocenters. The number of phenolic OH excluding ortho intramolecular Hbond substituents is 1. The van der Waals surface area contributed by atoms with Crippen LogP contribution >= 0.6 is 35.3 Å². The van der Waals surface area contributed by atoms with Gasteiger partial charge in [-0.1, -0.05) is 41.1 Å². The maximum Gasteiger partial charge on any atom is 0.305 e. The average molecular weight is 551 g/mol. The lowest BCUT2D eigenvalue weighted by atomic mass is 10.1. The minimum Gasteiger partial charge on any atom is -0.506 e. The van der Waals surface area contributed by atoms with E-state index in [1.807, 2.05) is 24.3 Å². The van der Waals surface area contributed by atoms with Gasteiger partial charge in [0, 0.05) is 11.6 Å². The zero-order chi connectivity index (χ0) is 23.7. The molecule has 0 saturated heterocycles. The average Bonchev–Trinajstić information content (AvgIpc) is 3.18. The first-order valence-electron chi connectivity index (χ1n) is 10.7. The Labute approximate surface area is 214 Å². The molecule has 0 aliphatic carbocycles. The maximum absolute atomic E-state index is 12.1. The van der Waals surface area contributed by atoms with Gasteiger partial charge in [0.25, 0.3) is 0 Å². The van der Waals surface area contributed by atoms with Crippen molar-refractivity contribution in [3.63, 3.8) is 0 Å². The zero-order valence-corrected chi connectivity index (χ0v) is 21.7. The van der Waals surface area contributed by atoms with Crippen LogP contribution in [0.15, 0.2) is 41.2 Å². The van der Waals surface area contributed by atoms with Crippen molar-refractivity contribution in [3.05, 3.63) is 62.2 Å². The minimum absolute atomic E-state index is 0. The second-order valence-corrected chi connectivity index (χ2v) is 10.9. The number of phenols is 1. The van der Waals surface area contributed by atoms with Crippen molar-refractivity contribution >= 4 is 55.6 Å². The van der Waals surface area contributed by atoms with Crippen molar-refractivity contribution in [1.82, 2.24) is 15.0 Å². The third-order valence-corrected chi connectivity index (χ3v) is 7.67. The maximum atomic E-state index is 12.1. The van der Waals surface area contributed by atoms with Crippen LogP contribution in [-0.4, -0.2) is 57.1 Å². The number of thiazole rings is 1. The SMILES string of the molecule is Cl.O=c1[nH]c2c(O)ccc(CCNCCCS(=O)(=O)NCCOCCc3ccc(Cl)cc3)c2s1. The van der Waals surface area contributed by atoms with Gasteiger partial charge in [0.15, 0.2) is 0 Å². The summed E-state index contributed by atoms with van der Waals surface area (Å²) in [6, 6.07) is 10.9. The fourth-order valence-corrected chi connectivity index (χ4v) is 5.38. The van der Waals surface area contributed by atoms with E-state index in [9.17, 15) is 18.3 Å². The quantitative estimate of drug-likeness (QED) is 0.229. The molecule has 0 saturated carbocycles. The molecule has 3 aromatic rings. The van der Waals surface area contributed by atoms with Crippen LogP contribution in [0.3, 0.4) is 0 Å². The number of rotatable bonds is 14. The number of hydrogen-bond donors (Lipinski definition) is 4. The first kappa shape index (κ1) is 28.6. The minimum atomic E-state index is -3.35. The summed E-state index contributed by atoms with van der Waals surface area (Å²) in [5.41, 5.74) is 2.55. The Hall–Kier alpha value is -1.66. The fourth-order valence-electron chi connectivity index (χ4n) is 3.29. The van der Waals surface area contributed by atoms with Crippen LogP contribution in [0.25, 0.3) is 10.2 Å². The predicted octanol–water partition coefficient (Wildman–Crippen LogP) is 3.07. The third-order valence-electron chi connectivity index (χ3n) is 4.99. The first-order chi connectivity index (χ1) is 15.8. The molecular weight excluding hydrogens is 521 g/mol. The van der Waals surface area contributed by atoms with Crippen molar-refractivity contribution in [2.75, 3.05) is 38.6 Å². The van der Waals surface area contributed by atoms with Crippen LogP contribution in [0.2, 0.25) is 5.02 Å². The van der Waals surface area contributed by atoms with Gasteiger partial charge in [-0.3, -0.25) is 4.79 Å². The van der Waals surface area contributed by atoms with E-state index in [-0.39, 0.29) is 35.3 Å². The van der Waals surface area contributed by atoms with Gasteiger partial charge >= 0.3 is 4.87 Å². The van der Waals surface area contributed by atoms with E-state index in [2.05, 4.69) is 15.0 Å². The molecule has 0 bridgehead atoms. The molecule has 0 fully saturated rings. The summed E-state index contributed by atoms with van der Waals surface area (Å²) in [5.74, 6) is 0.0953. The number of aromatic hydroxyl groups is 1. The van der Waals surface area contributed by atoms with Crippen molar-refractivity contribution in [1.29, 1.82) is 0 Å². The number of hydrogen-bond acceptors (Lipinski definition) is 7. The number of aromatic nitrogens is 1. The molecule has 12 heteroatoms. The van der Waals surface area contributed by atoms with Crippen LogP contribution < -0.4 is 14.9 Å². The standard InChI is InChI=1S/C22H28ClN3O5S2.ClH/c23-18-5-2-16(3-6-18)9-13-31-14-12-25-33(29,30)15-1-10-24-11-8-17-4-7-19(27)20-21(17)32-22(28)26-20;/h2-7,24-25,27H,1,8-15H2,(H,26,28);1H. The predicted molar refractivity (Wildman–Crippen MR) is 140 cm³/mol. The fraction of sp³-hybridized carbons (Fsp3) is 0.409. The molecule has 0 radical (unpaired) electrons. The lowest BCUT2D eigenvalue weighted by Crippen LogP contribution is -2.31. The molecule has 0 amide bonds. The normalized spacial score (nSPS) is 11.6. The van der Waals surface area contributed by atoms with Crippen LogP contribution in [-0.2, 0) is 27.6 Å². The Bertz CT molecular complexity index is 1200. The summed E-state index contributed by atoms with van der Waals surface area (Å²) >= 11 is 6.92. The van der Waals surface area contributed by atoms with Gasteiger partial charge < -0.3 is 20.1 Å². The smallest absolute Gasteiger partial charge is 0.305 e. The summed E-state index contributed by atoms with van der Waals surface area (Å²) in [7, 11) is -3.35. The summed E-state index contributed by atoms with van der Waals surface area (Å²) in [5, 5.41) is 13.8. The van der Waals surface area contributed by atoms with Gasteiger partial charge in [-0.25, -0.2) is 13.1 Å². The van der Waals surface area contributed by atoms with Gasteiger partial charge in [-0.15, -0.1) is 12.4 Å². The van der Waals surface area contributed by atoms with Crippen molar-refractivity contribution in [3.8, 4) is 5.75 Å². The highest BCUT2D eigenvalue weighted by Crippen LogP contribution is 2.27. The van der Waals surface area contributed by atoms with E-state index in [0.717, 1.165) is 33.6 Å². The largest absolute Gasteiger partial charge is 0.506 e. The Morgan fingerprint density at radius 1 is 1.03 bits per heavy atom. The first-order valence-corrected chi connectivity index (χ1v) is 13.5. The molecular formula is C22H29Cl2N3O5S2. The van der Waals surface area contributed by atoms with E-state index >= 15 is 0 Å². The van der Waals surface area contributed by atoms with E-state index in [0.29, 0.717) is 49.7 Å². The summed E-state index contributed by atoms with van der Waals surface area (Å²) in [4.78, 5) is 14.0. The molecule has 1 aromatic heterocycles. The summed E-state index contributed by atoms with van der Waals surface area (Å²) in [6.45, 7) is 2.27. The second-order valence-electron chi connectivity index (χ2n) is 7.52. The Balaban J connectivity index is 0.00000408. The van der Waals surface area contributed by atoms with Gasteiger partial charge in [-0.05, 0) is 61.7 Å². The number of benzene rings is 2. The van der Waals surface area contributed by atoms with Crippen LogP contribution in [0.4, 0.5) is 0 Å². The van der Waals surface area contributed by atoms with Gasteiger partial charge in [0.2, 0.25) is 10.0 Å². The van der Waals surface area contributed by atoms with Gasteiger partial charge in [-0.2, -0.15) is 0 Å². The van der Waals surface area contributed by atoms with E-state index in [1.165, 1.54) is 0 Å². The second kappa shape index (κ2) is 14.0. The Morgan fingerprint density at radius 3 is 2.56 bits per heavy atom. The molecule has 4 N–H and O–H groups in total. The number of aromatic amines is 1. The molecule has 34 heavy (non-hydrogen) atoms. The highest BCUT2D eigenvalue weighted by Gasteiger charge is 2.10. The molecule has 0 aliphatic heterocycles. The molecule has 1 heterocycles. The van der Waals surface area contributed by atoms with Crippen molar-refractivity contribution in [2.45, 2.75) is 19.3 Å². The lowest BCUT2D eigenvalue weighted by molar-refractivity contribution is 0.142. The molecule has 8 nitrogen and oxygen atoms in total. The topological polar surface area (TPSA) is 121 Å². The lowest BCUT2D eigenvalue weighted by Gasteiger charge is -2.09. The Morgan fingerprint density at radius 2 is 1.79 bits per heavy atom. The third kappa shape index (κ3) is 9.18.